The maximum absolute atomic E-state index is 14.5. The van der Waals surface area contributed by atoms with Gasteiger partial charge in [0.15, 0.2) is 5.82 Å². The first kappa shape index (κ1) is 23.7. The van der Waals surface area contributed by atoms with Crippen LogP contribution in [0.2, 0.25) is 0 Å². The molecule has 0 spiro atoms. The van der Waals surface area contributed by atoms with E-state index in [0.717, 1.165) is 41.4 Å². The first-order valence-electron chi connectivity index (χ1n) is 12.3. The Morgan fingerprint density at radius 1 is 0.895 bits per heavy atom. The molecule has 6 rings (SSSR count). The van der Waals surface area contributed by atoms with Crippen molar-refractivity contribution in [2.75, 3.05) is 36.5 Å². The van der Waals surface area contributed by atoms with Crippen LogP contribution in [0, 0.1) is 12.7 Å². The third-order valence-electron chi connectivity index (χ3n) is 6.34. The molecule has 9 nitrogen and oxygen atoms in total. The van der Waals surface area contributed by atoms with Crippen molar-refractivity contribution in [2.45, 2.75) is 6.92 Å². The number of halogens is 1. The standard InChI is InChI=1S/C28H25FN8O/c1-19-25(3-2-9-30-19)27-32-18-37(35-27)23-6-4-22(5-7-23)33-28-31-10-8-26(34-28)20-15-21(29)17-24(16-20)36-11-13-38-14-12-36/h2-10,15-18H,11-14H2,1H3,(H,31,33,34). The van der Waals surface area contributed by atoms with Crippen LogP contribution in [0.3, 0.4) is 0 Å². The number of ether oxygens (including phenoxy) is 1. The number of pyridine rings is 1. The third-order valence-corrected chi connectivity index (χ3v) is 6.34. The molecule has 1 aliphatic rings. The number of rotatable bonds is 6. The molecule has 0 aliphatic carbocycles. The molecule has 0 saturated carbocycles. The van der Waals surface area contributed by atoms with Gasteiger partial charge in [0.05, 0.1) is 24.6 Å². The number of anilines is 3. The topological polar surface area (TPSA) is 93.9 Å². The van der Waals surface area contributed by atoms with E-state index in [0.29, 0.717) is 36.2 Å². The smallest absolute Gasteiger partial charge is 0.227 e. The second-order valence-corrected chi connectivity index (χ2v) is 8.88. The molecule has 10 heteroatoms. The molecule has 1 aliphatic heterocycles. The Bertz CT molecular complexity index is 1560. The van der Waals surface area contributed by atoms with E-state index in [1.54, 1.807) is 35.5 Å². The Kier molecular flexibility index (Phi) is 6.45. The highest BCUT2D eigenvalue weighted by Gasteiger charge is 2.15. The minimum absolute atomic E-state index is 0.303. The molecule has 4 heterocycles. The van der Waals surface area contributed by atoms with E-state index in [9.17, 15) is 4.39 Å². The molecule has 5 aromatic rings. The summed E-state index contributed by atoms with van der Waals surface area (Å²) in [6.07, 6.45) is 5.10. The van der Waals surface area contributed by atoms with Gasteiger partial charge in [-0.05, 0) is 67.6 Å². The molecule has 0 amide bonds. The summed E-state index contributed by atoms with van der Waals surface area (Å²) < 4.78 is 21.6. The highest BCUT2D eigenvalue weighted by molar-refractivity contribution is 5.67. The fraction of sp³-hybridized carbons (Fsp3) is 0.179. The fourth-order valence-corrected chi connectivity index (χ4v) is 4.36. The molecule has 190 valence electrons. The summed E-state index contributed by atoms with van der Waals surface area (Å²) in [6.45, 7) is 4.66. The Morgan fingerprint density at radius 3 is 2.55 bits per heavy atom. The van der Waals surface area contributed by atoms with Crippen LogP contribution in [-0.2, 0) is 4.74 Å². The van der Waals surface area contributed by atoms with E-state index in [-0.39, 0.29) is 5.82 Å². The molecular weight excluding hydrogens is 483 g/mol. The SMILES string of the molecule is Cc1ncccc1-c1ncn(-c2ccc(Nc3nccc(-c4cc(F)cc(N5CCOCC5)c4)n3)cc2)n1. The quantitative estimate of drug-likeness (QED) is 0.349. The Hall–Kier alpha value is -4.70. The maximum atomic E-state index is 14.5. The number of aryl methyl sites for hydroxylation is 1. The first-order chi connectivity index (χ1) is 18.6. The van der Waals surface area contributed by atoms with E-state index in [1.807, 2.05) is 49.4 Å². The molecule has 0 radical (unpaired) electrons. The average molecular weight is 509 g/mol. The number of nitrogens with zero attached hydrogens (tertiary/aromatic N) is 7. The molecule has 3 aromatic heterocycles. The van der Waals surface area contributed by atoms with Crippen molar-refractivity contribution in [3.63, 3.8) is 0 Å². The van der Waals surface area contributed by atoms with E-state index in [2.05, 4.69) is 35.3 Å². The summed E-state index contributed by atoms with van der Waals surface area (Å²) in [6, 6.07) is 18.3. The van der Waals surface area contributed by atoms with Crippen molar-refractivity contribution < 1.29 is 9.13 Å². The summed E-state index contributed by atoms with van der Waals surface area (Å²) in [5.74, 6) is 0.738. The number of aromatic nitrogens is 6. The molecule has 0 atom stereocenters. The Labute approximate surface area is 219 Å². The third kappa shape index (κ3) is 5.07. The van der Waals surface area contributed by atoms with Crippen LogP contribution < -0.4 is 10.2 Å². The van der Waals surface area contributed by atoms with E-state index >= 15 is 0 Å². The van der Waals surface area contributed by atoms with Crippen LogP contribution in [-0.4, -0.2) is 56.0 Å². The number of nitrogens with one attached hydrogen (secondary N) is 1. The van der Waals surface area contributed by atoms with Gasteiger partial charge in [0.1, 0.15) is 12.1 Å². The molecule has 1 fully saturated rings. The van der Waals surface area contributed by atoms with Crippen molar-refractivity contribution in [2.24, 2.45) is 0 Å². The predicted octanol–water partition coefficient (Wildman–Crippen LogP) is 4.81. The zero-order chi connectivity index (χ0) is 25.9. The summed E-state index contributed by atoms with van der Waals surface area (Å²) in [4.78, 5) is 19.8. The minimum Gasteiger partial charge on any atom is -0.378 e. The lowest BCUT2D eigenvalue weighted by atomic mass is 10.1. The van der Waals surface area contributed by atoms with Crippen molar-refractivity contribution in [3.8, 4) is 28.3 Å². The maximum Gasteiger partial charge on any atom is 0.227 e. The zero-order valence-corrected chi connectivity index (χ0v) is 20.8. The Balaban J connectivity index is 1.19. The van der Waals surface area contributed by atoms with Gasteiger partial charge in [-0.1, -0.05) is 0 Å². The number of morpholine rings is 1. The number of hydrogen-bond donors (Lipinski definition) is 1. The van der Waals surface area contributed by atoms with E-state index < -0.39 is 0 Å². The van der Waals surface area contributed by atoms with Gasteiger partial charge in [-0.2, -0.15) is 0 Å². The van der Waals surface area contributed by atoms with E-state index in [1.165, 1.54) is 6.07 Å². The van der Waals surface area contributed by atoms with Crippen molar-refractivity contribution in [1.82, 2.24) is 29.7 Å². The largest absolute Gasteiger partial charge is 0.378 e. The summed E-state index contributed by atoms with van der Waals surface area (Å²) in [5, 5.41) is 7.83. The van der Waals surface area contributed by atoms with Crippen molar-refractivity contribution in [1.29, 1.82) is 0 Å². The second-order valence-electron chi connectivity index (χ2n) is 8.88. The molecular formula is C28H25FN8O. The second kappa shape index (κ2) is 10.3. The lowest BCUT2D eigenvalue weighted by Crippen LogP contribution is -2.36. The Morgan fingerprint density at radius 2 is 1.74 bits per heavy atom. The van der Waals surface area contributed by atoms with E-state index in [4.69, 9.17) is 4.74 Å². The van der Waals surface area contributed by atoms with Crippen LogP contribution in [0.1, 0.15) is 5.69 Å². The van der Waals surface area contributed by atoms with Gasteiger partial charge in [0.25, 0.3) is 0 Å². The lowest BCUT2D eigenvalue weighted by Gasteiger charge is -2.29. The van der Waals surface area contributed by atoms with Crippen LogP contribution >= 0.6 is 0 Å². The van der Waals surface area contributed by atoms with Crippen LogP contribution in [0.15, 0.2) is 79.4 Å². The molecule has 2 aromatic carbocycles. The molecule has 0 bridgehead atoms. The van der Waals surface area contributed by atoms with Gasteiger partial charge in [-0.25, -0.2) is 24.0 Å². The molecule has 0 unspecified atom stereocenters. The highest BCUT2D eigenvalue weighted by Crippen LogP contribution is 2.27. The lowest BCUT2D eigenvalue weighted by molar-refractivity contribution is 0.122. The first-order valence-corrected chi connectivity index (χ1v) is 12.3. The van der Waals surface area contributed by atoms with Crippen molar-refractivity contribution in [3.05, 3.63) is 90.9 Å². The van der Waals surface area contributed by atoms with Gasteiger partial charge >= 0.3 is 0 Å². The van der Waals surface area contributed by atoms with Gasteiger partial charge in [0, 0.05) is 53.7 Å². The van der Waals surface area contributed by atoms with Gasteiger partial charge in [-0.3, -0.25) is 4.98 Å². The average Bonchev–Trinajstić information content (AvgIpc) is 3.44. The highest BCUT2D eigenvalue weighted by atomic mass is 19.1. The summed E-state index contributed by atoms with van der Waals surface area (Å²) in [5.41, 5.74) is 5.59. The van der Waals surface area contributed by atoms with Crippen molar-refractivity contribution >= 4 is 17.3 Å². The summed E-state index contributed by atoms with van der Waals surface area (Å²) >= 11 is 0. The molecule has 1 saturated heterocycles. The normalized spacial score (nSPS) is 13.5. The molecule has 1 N–H and O–H groups in total. The number of hydrogen-bond acceptors (Lipinski definition) is 8. The summed E-state index contributed by atoms with van der Waals surface area (Å²) in [7, 11) is 0. The molecule has 38 heavy (non-hydrogen) atoms. The monoisotopic (exact) mass is 508 g/mol. The fourth-order valence-electron chi connectivity index (χ4n) is 4.36. The van der Waals surface area contributed by atoms with Crippen LogP contribution in [0.5, 0.6) is 0 Å². The minimum atomic E-state index is -0.303. The van der Waals surface area contributed by atoms with Gasteiger partial charge in [0.2, 0.25) is 5.95 Å². The van der Waals surface area contributed by atoms with Crippen LogP contribution in [0.25, 0.3) is 28.3 Å². The van der Waals surface area contributed by atoms with Gasteiger partial charge in [-0.15, -0.1) is 5.10 Å². The van der Waals surface area contributed by atoms with Crippen LogP contribution in [0.4, 0.5) is 21.7 Å². The number of benzene rings is 2. The zero-order valence-electron chi connectivity index (χ0n) is 20.8. The predicted molar refractivity (Wildman–Crippen MR) is 143 cm³/mol. The van der Waals surface area contributed by atoms with Gasteiger partial charge < -0.3 is 15.0 Å².